The van der Waals surface area contributed by atoms with E-state index >= 15 is 0 Å². The minimum absolute atomic E-state index is 0.108. The maximum atomic E-state index is 13.2. The van der Waals surface area contributed by atoms with Gasteiger partial charge in [0.05, 0.1) is 17.6 Å². The molecule has 0 atom stereocenters. The Morgan fingerprint density at radius 2 is 1.69 bits per heavy atom. The largest absolute Gasteiger partial charge is 0.479 e. The summed E-state index contributed by atoms with van der Waals surface area (Å²) in [6, 6.07) is 23.0. The average molecular weight is 469 g/mol. The molecule has 4 rings (SSSR count). The van der Waals surface area contributed by atoms with Crippen LogP contribution in [0.1, 0.15) is 46.7 Å². The predicted octanol–water partition coefficient (Wildman–Crippen LogP) is 5.67. The molecule has 0 saturated heterocycles. The van der Waals surface area contributed by atoms with Crippen LogP contribution in [-0.4, -0.2) is 32.0 Å². The fraction of sp³-hybridized carbons (Fsp3) is 0.207. The van der Waals surface area contributed by atoms with E-state index in [1.165, 1.54) is 13.8 Å². The number of hydrogen-bond donors (Lipinski definition) is 1. The lowest BCUT2D eigenvalue weighted by molar-refractivity contribution is -0.162. The summed E-state index contributed by atoms with van der Waals surface area (Å²) in [7, 11) is 0. The quantitative estimate of drug-likeness (QED) is 0.320. The number of carbonyl (C=O) groups excluding carboxylic acids is 1. The number of aliphatic carboxylic acids is 1. The van der Waals surface area contributed by atoms with E-state index in [9.17, 15) is 14.7 Å². The zero-order valence-electron chi connectivity index (χ0n) is 20.1. The van der Waals surface area contributed by atoms with Crippen molar-refractivity contribution in [3.8, 4) is 0 Å². The van der Waals surface area contributed by atoms with Crippen molar-refractivity contribution in [1.82, 2.24) is 9.55 Å². The van der Waals surface area contributed by atoms with Crippen molar-refractivity contribution in [3.05, 3.63) is 107 Å². The van der Waals surface area contributed by atoms with Crippen molar-refractivity contribution in [1.29, 1.82) is 0 Å². The smallest absolute Gasteiger partial charge is 0.335 e. The van der Waals surface area contributed by atoms with Crippen molar-refractivity contribution in [2.45, 2.75) is 39.5 Å². The van der Waals surface area contributed by atoms with E-state index in [0.717, 1.165) is 27.7 Å². The number of para-hydroxylation sites is 2. The highest BCUT2D eigenvalue weighted by atomic mass is 16.5. The van der Waals surface area contributed by atoms with Crippen LogP contribution in [-0.2, 0) is 22.7 Å². The molecule has 0 bridgehead atoms. The van der Waals surface area contributed by atoms with Crippen LogP contribution in [0.4, 0.5) is 0 Å². The highest BCUT2D eigenvalue weighted by Crippen LogP contribution is 2.20. The third-order valence-electron chi connectivity index (χ3n) is 5.86. The molecule has 0 unspecified atom stereocenters. The Morgan fingerprint density at radius 1 is 1.00 bits per heavy atom. The number of nitrogens with zero attached hydrogens (tertiary/aromatic N) is 2. The molecular formula is C29H28N2O4. The first-order valence-electron chi connectivity index (χ1n) is 11.4. The zero-order chi connectivity index (χ0) is 25.0. The number of benzene rings is 3. The van der Waals surface area contributed by atoms with Gasteiger partial charge in [-0.25, -0.2) is 9.78 Å². The summed E-state index contributed by atoms with van der Waals surface area (Å²) >= 11 is 0. The minimum Gasteiger partial charge on any atom is -0.479 e. The van der Waals surface area contributed by atoms with Gasteiger partial charge >= 0.3 is 5.97 Å². The van der Waals surface area contributed by atoms with Gasteiger partial charge in [-0.2, -0.15) is 0 Å². The number of ketones is 1. The summed E-state index contributed by atoms with van der Waals surface area (Å²) in [5.41, 5.74) is 4.04. The van der Waals surface area contributed by atoms with E-state index in [2.05, 4.69) is 4.98 Å². The lowest BCUT2D eigenvalue weighted by Gasteiger charge is -2.20. The second-order valence-electron chi connectivity index (χ2n) is 8.98. The number of fused-ring (bicyclic) bond motifs is 1. The van der Waals surface area contributed by atoms with E-state index < -0.39 is 11.6 Å². The van der Waals surface area contributed by atoms with Crippen LogP contribution in [0.5, 0.6) is 0 Å². The van der Waals surface area contributed by atoms with Gasteiger partial charge in [-0.1, -0.05) is 78.4 Å². The number of carboxylic acids is 1. The molecule has 0 saturated carbocycles. The molecular weight excluding hydrogens is 440 g/mol. The first kappa shape index (κ1) is 24.1. The Bertz CT molecular complexity index is 1380. The summed E-state index contributed by atoms with van der Waals surface area (Å²) in [6.45, 7) is 5.76. The SMILES string of the molecule is Cc1ccc(C(=O)c2nc3ccccc3n2CC=Cc2ccc(COC(C)(C)C(=O)O)cc2)cc1. The van der Waals surface area contributed by atoms with Crippen LogP contribution >= 0.6 is 0 Å². The number of carbonyl (C=O) groups is 2. The first-order valence-corrected chi connectivity index (χ1v) is 11.4. The Balaban J connectivity index is 1.51. The van der Waals surface area contributed by atoms with E-state index in [4.69, 9.17) is 4.74 Å². The Labute approximate surface area is 204 Å². The van der Waals surface area contributed by atoms with Crippen molar-refractivity contribution < 1.29 is 19.4 Å². The molecule has 1 N–H and O–H groups in total. The third kappa shape index (κ3) is 5.55. The Morgan fingerprint density at radius 3 is 2.37 bits per heavy atom. The van der Waals surface area contributed by atoms with Crippen LogP contribution < -0.4 is 0 Å². The number of rotatable bonds is 9. The average Bonchev–Trinajstić information content (AvgIpc) is 3.22. The maximum absolute atomic E-state index is 13.2. The van der Waals surface area contributed by atoms with Crippen molar-refractivity contribution in [2.75, 3.05) is 0 Å². The van der Waals surface area contributed by atoms with Gasteiger partial charge in [-0.15, -0.1) is 0 Å². The molecule has 1 heterocycles. The predicted molar refractivity (Wildman–Crippen MR) is 136 cm³/mol. The first-order chi connectivity index (χ1) is 16.7. The van der Waals surface area contributed by atoms with Crippen molar-refractivity contribution in [2.24, 2.45) is 0 Å². The summed E-state index contributed by atoms with van der Waals surface area (Å²) in [5.74, 6) is -0.694. The molecule has 1 aromatic heterocycles. The molecule has 0 aliphatic heterocycles. The van der Waals surface area contributed by atoms with E-state index in [0.29, 0.717) is 17.9 Å². The molecule has 0 radical (unpaired) electrons. The van der Waals surface area contributed by atoms with Crippen LogP contribution in [0, 0.1) is 6.92 Å². The minimum atomic E-state index is -1.24. The van der Waals surface area contributed by atoms with Gasteiger partial charge in [0.15, 0.2) is 11.4 Å². The van der Waals surface area contributed by atoms with Gasteiger partial charge in [0, 0.05) is 12.1 Å². The van der Waals surface area contributed by atoms with Gasteiger partial charge in [-0.05, 0) is 44.0 Å². The topological polar surface area (TPSA) is 81.4 Å². The Hall–Kier alpha value is -4.03. The van der Waals surface area contributed by atoms with Gasteiger partial charge in [0.2, 0.25) is 5.78 Å². The van der Waals surface area contributed by atoms with Crippen molar-refractivity contribution in [3.63, 3.8) is 0 Å². The van der Waals surface area contributed by atoms with Crippen LogP contribution in [0.2, 0.25) is 0 Å². The molecule has 0 fully saturated rings. The highest BCUT2D eigenvalue weighted by Gasteiger charge is 2.27. The molecule has 0 aliphatic carbocycles. The fourth-order valence-electron chi connectivity index (χ4n) is 3.61. The monoisotopic (exact) mass is 468 g/mol. The summed E-state index contributed by atoms with van der Waals surface area (Å²) in [4.78, 5) is 29.1. The number of aromatic nitrogens is 2. The van der Waals surface area contributed by atoms with Crippen LogP contribution in [0.3, 0.4) is 0 Å². The molecule has 178 valence electrons. The molecule has 6 nitrogen and oxygen atoms in total. The second kappa shape index (κ2) is 10.1. The molecule has 35 heavy (non-hydrogen) atoms. The molecule has 0 spiro atoms. The number of aryl methyl sites for hydroxylation is 1. The number of carboxylic acid groups (broad SMARTS) is 1. The number of hydrogen-bond acceptors (Lipinski definition) is 4. The number of ether oxygens (including phenoxy) is 1. The molecule has 0 amide bonds. The molecule has 6 heteroatoms. The fourth-order valence-corrected chi connectivity index (χ4v) is 3.61. The zero-order valence-corrected chi connectivity index (χ0v) is 20.1. The summed E-state index contributed by atoms with van der Waals surface area (Å²) < 4.78 is 7.44. The van der Waals surface area contributed by atoms with E-state index in [-0.39, 0.29) is 12.4 Å². The van der Waals surface area contributed by atoms with Crippen LogP contribution in [0.15, 0.2) is 78.9 Å². The number of allylic oxidation sites excluding steroid dienone is 1. The number of imidazole rings is 1. The van der Waals surface area contributed by atoms with Gasteiger partial charge in [0.25, 0.3) is 0 Å². The molecule has 4 aromatic rings. The maximum Gasteiger partial charge on any atom is 0.335 e. The standard InChI is InChI=1S/C29H28N2O4/c1-20-10-16-23(17-11-20)26(32)27-30-24-8-4-5-9-25(24)31(27)18-6-7-21-12-14-22(15-13-21)19-35-29(2,3)28(33)34/h4-17H,18-19H2,1-3H3,(H,33,34). The lowest BCUT2D eigenvalue weighted by atomic mass is 10.1. The lowest BCUT2D eigenvalue weighted by Crippen LogP contribution is -2.34. The molecule has 0 aliphatic rings. The van der Waals surface area contributed by atoms with Gasteiger partial charge < -0.3 is 14.4 Å². The summed E-state index contributed by atoms with van der Waals surface area (Å²) in [5, 5.41) is 9.17. The molecule has 3 aromatic carbocycles. The summed E-state index contributed by atoms with van der Waals surface area (Å²) in [6.07, 6.45) is 3.99. The second-order valence-corrected chi connectivity index (χ2v) is 8.98. The highest BCUT2D eigenvalue weighted by molar-refractivity contribution is 6.08. The van der Waals surface area contributed by atoms with Crippen LogP contribution in [0.25, 0.3) is 17.1 Å². The van der Waals surface area contributed by atoms with E-state index in [1.807, 2.05) is 96.4 Å². The van der Waals surface area contributed by atoms with E-state index in [1.54, 1.807) is 0 Å². The normalized spacial score (nSPS) is 11.9. The Kier molecular flexibility index (Phi) is 6.94. The van der Waals surface area contributed by atoms with Crippen molar-refractivity contribution >= 4 is 28.9 Å². The third-order valence-corrected chi connectivity index (χ3v) is 5.86. The van der Waals surface area contributed by atoms with Gasteiger partial charge in [0.1, 0.15) is 0 Å². The van der Waals surface area contributed by atoms with Gasteiger partial charge in [-0.3, -0.25) is 4.79 Å².